The number of Topliss-reactive ketones (excluding diaryl/α,β-unsaturated/α-hetero) is 1. The van der Waals surface area contributed by atoms with Gasteiger partial charge in [-0.05, 0) is 58.7 Å². The lowest BCUT2D eigenvalue weighted by atomic mass is 9.81. The summed E-state index contributed by atoms with van der Waals surface area (Å²) in [6.45, 7) is 19.0. The fourth-order valence-corrected chi connectivity index (χ4v) is 10.1. The number of phenols is 2. The van der Waals surface area contributed by atoms with Gasteiger partial charge in [0.25, 0.3) is 11.7 Å². The van der Waals surface area contributed by atoms with Crippen LogP contribution in [-0.2, 0) is 23.9 Å². The first kappa shape index (κ1) is 50.5. The molecule has 2 saturated heterocycles. The fraction of sp³-hybridized carbons (Fsp3) is 0.608. The Morgan fingerprint density at radius 2 is 1.65 bits per heavy atom. The number of likely N-dealkylation sites (tertiary alicyclic amines) is 1. The number of anilines is 1. The third-order valence-electron chi connectivity index (χ3n) is 14.4. The van der Waals surface area contributed by atoms with Crippen LogP contribution in [0.3, 0.4) is 0 Å². The standard InChI is InChI=1S/C51H70N6O11/c1-28(2)27-56-21-17-51(18-22-56)53-40-37-38-45(62)33(7)47-39(37)48(64)50(8,68-47)66-25-11-10-16-34(67-36(59)26-35(58)57-20-13-19-55(9)23-24-57)31(5)44(61)32(6)43(60)29(3)14-12-15-30(4)49(65)52-42(46(38)63)41(40)54-51/h11-12,14-15,25,28-29,31-32,34,43-44,60-63H,10,13,16-24,26-27H2,1-9H3,(H,52,65)/b14-12+,25-11+,30-15-/t29-,31-,32+,34+,43-,44-,50-/m0/s1. The van der Waals surface area contributed by atoms with Crippen LogP contribution in [0.25, 0.3) is 10.8 Å². The molecule has 6 aliphatic heterocycles. The minimum Gasteiger partial charge on any atom is -0.507 e. The van der Waals surface area contributed by atoms with E-state index in [4.69, 9.17) is 24.2 Å². The number of aromatic hydroxyl groups is 2. The molecule has 0 radical (unpaired) electrons. The number of ether oxygens (including phenoxy) is 3. The highest BCUT2D eigenvalue weighted by Gasteiger charge is 2.50. The summed E-state index contributed by atoms with van der Waals surface area (Å²) in [5, 5.41) is 50.5. The van der Waals surface area contributed by atoms with Crippen LogP contribution in [-0.4, -0.2) is 141 Å². The first-order valence-electron chi connectivity index (χ1n) is 24.2. The summed E-state index contributed by atoms with van der Waals surface area (Å²) in [5.74, 6) is -6.42. The maximum absolute atomic E-state index is 14.7. The van der Waals surface area contributed by atoms with Gasteiger partial charge in [-0.15, -0.1) is 0 Å². The second-order valence-electron chi connectivity index (χ2n) is 20.2. The van der Waals surface area contributed by atoms with Gasteiger partial charge >= 0.3 is 11.8 Å². The molecule has 5 N–H and O–H groups in total. The van der Waals surface area contributed by atoms with Crippen LogP contribution < -0.4 is 20.8 Å². The van der Waals surface area contributed by atoms with Gasteiger partial charge in [-0.2, -0.15) is 0 Å². The first-order valence-corrected chi connectivity index (χ1v) is 24.2. The van der Waals surface area contributed by atoms with Crippen molar-refractivity contribution < 1.29 is 53.8 Å². The van der Waals surface area contributed by atoms with Gasteiger partial charge in [0.1, 0.15) is 35.1 Å². The summed E-state index contributed by atoms with van der Waals surface area (Å²) in [4.78, 5) is 71.9. The zero-order valence-electron chi connectivity index (χ0n) is 41.0. The van der Waals surface area contributed by atoms with Crippen molar-refractivity contribution in [1.29, 1.82) is 0 Å². The topological polar surface area (TPSA) is 223 Å². The molecule has 370 valence electrons. The van der Waals surface area contributed by atoms with Gasteiger partial charge in [-0.25, -0.2) is 0 Å². The molecule has 17 heteroatoms. The number of rotatable bonds is 5. The smallest absolute Gasteiger partial charge is 0.315 e. The molecular formula is C51H70N6O11. The highest BCUT2D eigenvalue weighted by molar-refractivity contribution is 6.19. The summed E-state index contributed by atoms with van der Waals surface area (Å²) < 4.78 is 18.4. The van der Waals surface area contributed by atoms with Crippen molar-refractivity contribution in [3.63, 3.8) is 0 Å². The molecule has 2 fully saturated rings. The fourth-order valence-electron chi connectivity index (χ4n) is 10.1. The molecule has 5 bridgehead atoms. The maximum atomic E-state index is 14.7. The quantitative estimate of drug-likeness (QED) is 0.159. The number of hydrogen-bond donors (Lipinski definition) is 5. The van der Waals surface area contributed by atoms with E-state index in [1.165, 1.54) is 13.2 Å². The van der Waals surface area contributed by atoms with E-state index in [2.05, 4.69) is 29.0 Å². The Hall–Kier alpha value is -5.36. The van der Waals surface area contributed by atoms with E-state index in [9.17, 15) is 39.6 Å². The van der Waals surface area contributed by atoms with Crippen LogP contribution in [0.4, 0.5) is 5.69 Å². The number of piperidine rings is 1. The highest BCUT2D eigenvalue weighted by atomic mass is 16.7. The Bertz CT molecular complexity index is 2530. The number of nitrogens with one attached hydrogen (secondary N) is 1. The Morgan fingerprint density at radius 3 is 2.35 bits per heavy atom. The molecule has 7 atom stereocenters. The summed E-state index contributed by atoms with van der Waals surface area (Å²) in [5.41, 5.74) is -0.576. The Kier molecular flexibility index (Phi) is 15.1. The predicted molar refractivity (Wildman–Crippen MR) is 255 cm³/mol. The van der Waals surface area contributed by atoms with Gasteiger partial charge in [0.15, 0.2) is 11.4 Å². The zero-order chi connectivity index (χ0) is 49.4. The second-order valence-corrected chi connectivity index (χ2v) is 20.2. The van der Waals surface area contributed by atoms with Gasteiger partial charge in [-0.3, -0.25) is 29.2 Å². The largest absolute Gasteiger partial charge is 0.507 e. The highest BCUT2D eigenvalue weighted by Crippen LogP contribution is 2.50. The average molecular weight is 943 g/mol. The molecule has 0 unspecified atom stereocenters. The van der Waals surface area contributed by atoms with E-state index in [1.807, 2.05) is 7.05 Å². The number of allylic oxidation sites excluding steroid dienone is 3. The van der Waals surface area contributed by atoms with Crippen molar-refractivity contribution in [2.75, 3.05) is 58.2 Å². The number of aliphatic hydroxyl groups excluding tert-OH is 2. The number of fused-ring (bicyclic) bond motifs is 13. The maximum Gasteiger partial charge on any atom is 0.315 e. The number of esters is 1. The third-order valence-corrected chi connectivity index (χ3v) is 14.4. The van der Waals surface area contributed by atoms with Crippen molar-refractivity contribution in [2.24, 2.45) is 33.7 Å². The van der Waals surface area contributed by atoms with Gasteiger partial charge in [0.2, 0.25) is 5.91 Å². The minimum atomic E-state index is -1.93. The summed E-state index contributed by atoms with van der Waals surface area (Å²) >= 11 is 0. The van der Waals surface area contributed by atoms with Crippen molar-refractivity contribution in [3.05, 3.63) is 58.0 Å². The van der Waals surface area contributed by atoms with Crippen LogP contribution in [0.5, 0.6) is 17.2 Å². The number of hydrogen-bond acceptors (Lipinski definition) is 15. The SMILES string of the molecule is C/C1=C/C=C/[C@H](C)[C@H](O)[C@@H](C)[C@@H](O)[C@@H](C)[C@H](OC(=O)CC(=O)N2CCCN(C)CC2)CC/C=C/O[C@@]2(C)Oc3c(C)c(O)c4c(O)c(c5c(c4c3C2=O)=NC2(CCN(CC(C)C)CC2)N=5)NC1=O. The van der Waals surface area contributed by atoms with E-state index < -0.39 is 77.3 Å². The van der Waals surface area contributed by atoms with Crippen molar-refractivity contribution in [3.8, 4) is 17.2 Å². The number of likely N-dealkylation sites (N-methyl/N-ethyl adjacent to an activating group) is 1. The third kappa shape index (κ3) is 10.2. The number of amides is 2. The molecule has 6 aliphatic rings. The van der Waals surface area contributed by atoms with Gasteiger partial charge in [0.05, 0.1) is 34.8 Å². The van der Waals surface area contributed by atoms with Gasteiger partial charge < -0.3 is 54.7 Å². The Balaban J connectivity index is 1.26. The van der Waals surface area contributed by atoms with Crippen molar-refractivity contribution in [1.82, 2.24) is 14.7 Å². The van der Waals surface area contributed by atoms with Crippen LogP contribution in [0, 0.1) is 30.6 Å². The first-order chi connectivity index (χ1) is 32.1. The molecule has 68 heavy (non-hydrogen) atoms. The molecule has 0 aliphatic carbocycles. The van der Waals surface area contributed by atoms with E-state index in [0.29, 0.717) is 51.5 Å². The van der Waals surface area contributed by atoms with E-state index in [1.54, 1.807) is 63.8 Å². The summed E-state index contributed by atoms with van der Waals surface area (Å²) in [6.07, 6.45) is 6.60. The van der Waals surface area contributed by atoms with Gasteiger partial charge in [-0.1, -0.05) is 52.8 Å². The van der Waals surface area contributed by atoms with Crippen molar-refractivity contribution in [2.45, 2.75) is 124 Å². The molecular weight excluding hydrogens is 873 g/mol. The van der Waals surface area contributed by atoms with E-state index in [-0.39, 0.29) is 74.1 Å². The van der Waals surface area contributed by atoms with Crippen LogP contribution in [0.1, 0.15) is 103 Å². The van der Waals surface area contributed by atoms with E-state index in [0.717, 1.165) is 19.5 Å². The van der Waals surface area contributed by atoms with Crippen molar-refractivity contribution >= 4 is 40.0 Å². The Morgan fingerprint density at radius 1 is 0.941 bits per heavy atom. The number of ketones is 1. The molecule has 2 aromatic rings. The molecule has 0 aromatic heterocycles. The number of nitrogens with zero attached hydrogens (tertiary/aromatic N) is 5. The minimum absolute atomic E-state index is 0.0431. The molecule has 8 rings (SSSR count). The monoisotopic (exact) mass is 943 g/mol. The predicted octanol–water partition coefficient (Wildman–Crippen LogP) is 4.41. The number of aliphatic hydroxyl groups is 2. The molecule has 2 amide bonds. The zero-order valence-corrected chi connectivity index (χ0v) is 41.0. The Labute approximate surface area is 398 Å². The molecule has 2 aromatic carbocycles. The molecule has 6 heterocycles. The number of carbonyl (C=O) groups is 4. The average Bonchev–Trinajstić information content (AvgIpc) is 3.68. The lowest BCUT2D eigenvalue weighted by Gasteiger charge is -2.36. The van der Waals surface area contributed by atoms with Crippen LogP contribution in [0.15, 0.2) is 46.1 Å². The summed E-state index contributed by atoms with van der Waals surface area (Å²) in [7, 11) is 1.99. The molecule has 0 saturated carbocycles. The lowest BCUT2D eigenvalue weighted by Crippen LogP contribution is -2.43. The second kappa shape index (κ2) is 20.3. The van der Waals surface area contributed by atoms with E-state index >= 15 is 0 Å². The summed E-state index contributed by atoms with van der Waals surface area (Å²) in [6, 6.07) is 0. The van der Waals surface area contributed by atoms with Crippen LogP contribution >= 0.6 is 0 Å². The number of benzene rings is 2. The van der Waals surface area contributed by atoms with Gasteiger partial charge in [0, 0.05) is 93.3 Å². The number of carbonyl (C=O) groups excluding carboxylic acids is 4. The lowest BCUT2D eigenvalue weighted by molar-refractivity contribution is -0.159. The number of phenolic OH excluding ortho intramolecular Hbond substituents is 2. The molecule has 1 spiro atoms. The molecule has 17 nitrogen and oxygen atoms in total. The normalized spacial score (nSPS) is 30.1. The van der Waals surface area contributed by atoms with Crippen LogP contribution in [0.2, 0.25) is 0 Å².